The molecule has 7 nitrogen and oxygen atoms in total. The molecule has 4 rings (SSSR count). The Balaban J connectivity index is 1.70. The molecule has 0 saturated heterocycles. The number of nitro benzene ring substituents is 1. The zero-order valence-corrected chi connectivity index (χ0v) is 16.0. The molecule has 0 amide bonds. The van der Waals surface area contributed by atoms with Crippen LogP contribution in [0.15, 0.2) is 66.9 Å². The third-order valence-corrected chi connectivity index (χ3v) is 4.65. The molecular formula is C23H17N5O2. The Bertz CT molecular complexity index is 1290. The van der Waals surface area contributed by atoms with Gasteiger partial charge in [-0.1, -0.05) is 36.4 Å². The van der Waals surface area contributed by atoms with Crippen LogP contribution >= 0.6 is 0 Å². The largest absolute Gasteiger partial charge is 0.278 e. The summed E-state index contributed by atoms with van der Waals surface area (Å²) >= 11 is 0. The highest BCUT2D eigenvalue weighted by atomic mass is 16.6. The number of nitrogens with zero attached hydrogens (tertiary/aromatic N) is 5. The number of nitro groups is 1. The minimum Gasteiger partial charge on any atom is -0.270 e. The van der Waals surface area contributed by atoms with Crippen LogP contribution < -0.4 is 0 Å². The van der Waals surface area contributed by atoms with Gasteiger partial charge in [-0.05, 0) is 30.4 Å². The fourth-order valence-corrected chi connectivity index (χ4v) is 3.24. The molecule has 0 aliphatic carbocycles. The Hall–Kier alpha value is -4.31. The molecule has 0 aliphatic rings. The van der Waals surface area contributed by atoms with E-state index in [1.165, 1.54) is 6.07 Å². The van der Waals surface area contributed by atoms with Crippen molar-refractivity contribution in [3.05, 3.63) is 88.2 Å². The van der Waals surface area contributed by atoms with Gasteiger partial charge >= 0.3 is 0 Å². The van der Waals surface area contributed by atoms with Crippen LogP contribution in [0.2, 0.25) is 0 Å². The number of nitriles is 1. The summed E-state index contributed by atoms with van der Waals surface area (Å²) in [5.74, 6) is 0. The number of benzene rings is 2. The second-order valence-corrected chi connectivity index (χ2v) is 6.64. The molecule has 0 unspecified atom stereocenters. The van der Waals surface area contributed by atoms with Crippen molar-refractivity contribution in [2.45, 2.75) is 13.0 Å². The van der Waals surface area contributed by atoms with E-state index in [2.05, 4.69) is 16.2 Å². The predicted molar refractivity (Wildman–Crippen MR) is 115 cm³/mol. The van der Waals surface area contributed by atoms with E-state index in [0.29, 0.717) is 29.6 Å². The standard InChI is InChI=1S/C23H17N5O2/c24-14-5-15-27-16-18(23(26-27)17-6-2-1-3-7-17)10-11-19-12-13-20-21(25-19)8-4-9-22(20)28(29)30/h1-4,6-13,16H,5,15H2/b11-10+. The Labute approximate surface area is 172 Å². The van der Waals surface area contributed by atoms with E-state index in [4.69, 9.17) is 5.26 Å². The molecule has 0 radical (unpaired) electrons. The maximum absolute atomic E-state index is 11.2. The van der Waals surface area contributed by atoms with Crippen molar-refractivity contribution in [3.8, 4) is 17.3 Å². The fraction of sp³-hybridized carbons (Fsp3) is 0.0870. The van der Waals surface area contributed by atoms with Crippen LogP contribution in [0.5, 0.6) is 0 Å². The fourth-order valence-electron chi connectivity index (χ4n) is 3.24. The van der Waals surface area contributed by atoms with E-state index < -0.39 is 4.92 Å². The van der Waals surface area contributed by atoms with Gasteiger partial charge in [0, 0.05) is 23.4 Å². The van der Waals surface area contributed by atoms with E-state index in [0.717, 1.165) is 16.8 Å². The van der Waals surface area contributed by atoms with Crippen LogP contribution in [-0.4, -0.2) is 19.7 Å². The van der Waals surface area contributed by atoms with E-state index >= 15 is 0 Å². The van der Waals surface area contributed by atoms with Crippen molar-refractivity contribution in [2.24, 2.45) is 0 Å². The van der Waals surface area contributed by atoms with Crippen LogP contribution in [0.4, 0.5) is 5.69 Å². The monoisotopic (exact) mass is 395 g/mol. The van der Waals surface area contributed by atoms with Crippen LogP contribution in [0.25, 0.3) is 34.3 Å². The number of non-ortho nitro benzene ring substituents is 1. The normalized spacial score (nSPS) is 11.0. The highest BCUT2D eigenvalue weighted by Gasteiger charge is 2.12. The molecule has 0 fully saturated rings. The number of hydrogen-bond donors (Lipinski definition) is 0. The van der Waals surface area contributed by atoms with Crippen molar-refractivity contribution in [3.63, 3.8) is 0 Å². The topological polar surface area (TPSA) is 97.6 Å². The summed E-state index contributed by atoms with van der Waals surface area (Å²) in [6.45, 7) is 0.516. The average molecular weight is 395 g/mol. The summed E-state index contributed by atoms with van der Waals surface area (Å²) in [6, 6.07) is 20.3. The lowest BCUT2D eigenvalue weighted by Gasteiger charge is -2.01. The maximum atomic E-state index is 11.2. The lowest BCUT2D eigenvalue weighted by Crippen LogP contribution is -1.97. The Morgan fingerprint density at radius 3 is 2.67 bits per heavy atom. The zero-order valence-electron chi connectivity index (χ0n) is 16.0. The molecule has 2 aromatic heterocycles. The molecule has 0 atom stereocenters. The molecular weight excluding hydrogens is 378 g/mol. The molecule has 0 bridgehead atoms. The van der Waals surface area contributed by atoms with Crippen LogP contribution in [0.3, 0.4) is 0 Å². The first-order chi connectivity index (χ1) is 14.7. The highest BCUT2D eigenvalue weighted by molar-refractivity contribution is 5.89. The number of fused-ring (bicyclic) bond motifs is 1. The number of pyridine rings is 1. The summed E-state index contributed by atoms with van der Waals surface area (Å²) in [6.07, 6.45) is 6.06. The molecule has 0 N–H and O–H groups in total. The zero-order chi connectivity index (χ0) is 20.9. The minimum absolute atomic E-state index is 0.0423. The van der Waals surface area contributed by atoms with Gasteiger partial charge in [0.1, 0.15) is 0 Å². The molecule has 4 aromatic rings. The first-order valence-corrected chi connectivity index (χ1v) is 9.38. The molecule has 0 spiro atoms. The Kier molecular flexibility index (Phi) is 5.31. The van der Waals surface area contributed by atoms with Gasteiger partial charge < -0.3 is 0 Å². The highest BCUT2D eigenvalue weighted by Crippen LogP contribution is 2.26. The van der Waals surface area contributed by atoms with E-state index in [1.54, 1.807) is 28.9 Å². The number of aryl methyl sites for hydroxylation is 1. The van der Waals surface area contributed by atoms with Crippen LogP contribution in [0, 0.1) is 21.4 Å². The lowest BCUT2D eigenvalue weighted by molar-refractivity contribution is -0.383. The molecule has 2 aromatic carbocycles. The van der Waals surface area contributed by atoms with Crippen LogP contribution in [0.1, 0.15) is 17.7 Å². The van der Waals surface area contributed by atoms with Gasteiger partial charge in [-0.3, -0.25) is 14.8 Å². The molecule has 7 heteroatoms. The third kappa shape index (κ3) is 3.93. The second kappa shape index (κ2) is 8.37. The van der Waals surface area contributed by atoms with Crippen LogP contribution in [-0.2, 0) is 6.54 Å². The first-order valence-electron chi connectivity index (χ1n) is 9.38. The number of rotatable bonds is 6. The van der Waals surface area contributed by atoms with Crippen molar-refractivity contribution in [2.75, 3.05) is 0 Å². The summed E-state index contributed by atoms with van der Waals surface area (Å²) in [7, 11) is 0. The Morgan fingerprint density at radius 2 is 1.90 bits per heavy atom. The summed E-state index contributed by atoms with van der Waals surface area (Å²) in [4.78, 5) is 15.3. The van der Waals surface area contributed by atoms with Gasteiger partial charge in [0.25, 0.3) is 5.69 Å². The summed E-state index contributed by atoms with van der Waals surface area (Å²) in [5.41, 5.74) is 4.00. The smallest absolute Gasteiger partial charge is 0.270 e. The lowest BCUT2D eigenvalue weighted by atomic mass is 10.1. The molecule has 30 heavy (non-hydrogen) atoms. The number of hydrogen-bond acceptors (Lipinski definition) is 5. The minimum atomic E-state index is -0.401. The Morgan fingerprint density at radius 1 is 1.07 bits per heavy atom. The van der Waals surface area contributed by atoms with E-state index in [9.17, 15) is 10.1 Å². The van der Waals surface area contributed by atoms with E-state index in [-0.39, 0.29) is 5.69 Å². The van der Waals surface area contributed by atoms with Gasteiger partial charge in [0.2, 0.25) is 0 Å². The van der Waals surface area contributed by atoms with Gasteiger partial charge in [0.05, 0.1) is 46.2 Å². The van der Waals surface area contributed by atoms with Crippen molar-refractivity contribution < 1.29 is 4.92 Å². The predicted octanol–water partition coefficient (Wildman–Crippen LogP) is 5.09. The SMILES string of the molecule is N#CCCn1cc(/C=C/c2ccc3c([N+](=O)[O-])cccc3n2)c(-c2ccccc2)n1. The van der Waals surface area contributed by atoms with Gasteiger partial charge in [0.15, 0.2) is 0 Å². The van der Waals surface area contributed by atoms with Crippen molar-refractivity contribution in [1.29, 1.82) is 5.26 Å². The van der Waals surface area contributed by atoms with Gasteiger partial charge in [-0.15, -0.1) is 0 Å². The number of aromatic nitrogens is 3. The third-order valence-electron chi connectivity index (χ3n) is 4.65. The molecule has 2 heterocycles. The average Bonchev–Trinajstić information content (AvgIpc) is 3.19. The van der Waals surface area contributed by atoms with Crippen molar-refractivity contribution >= 4 is 28.7 Å². The maximum Gasteiger partial charge on any atom is 0.278 e. The molecule has 146 valence electrons. The van der Waals surface area contributed by atoms with Crippen molar-refractivity contribution in [1.82, 2.24) is 14.8 Å². The summed E-state index contributed by atoms with van der Waals surface area (Å²) < 4.78 is 1.77. The first kappa shape index (κ1) is 19.0. The summed E-state index contributed by atoms with van der Waals surface area (Å²) in [5, 5.41) is 25.2. The quantitative estimate of drug-likeness (QED) is 0.334. The van der Waals surface area contributed by atoms with Gasteiger partial charge in [-0.2, -0.15) is 10.4 Å². The van der Waals surface area contributed by atoms with Gasteiger partial charge in [-0.25, -0.2) is 4.98 Å². The van der Waals surface area contributed by atoms with E-state index in [1.807, 2.05) is 48.7 Å². The second-order valence-electron chi connectivity index (χ2n) is 6.64. The molecule has 0 aliphatic heterocycles. The molecule has 0 saturated carbocycles.